The van der Waals surface area contributed by atoms with Gasteiger partial charge < -0.3 is 23.7 Å². The molecule has 1 aliphatic rings. The molecule has 0 saturated carbocycles. The van der Waals surface area contributed by atoms with Crippen LogP contribution in [0.2, 0.25) is 0 Å². The Hall–Kier alpha value is -3.61. The topological polar surface area (TPSA) is 134 Å². The van der Waals surface area contributed by atoms with Gasteiger partial charge >= 0.3 is 0 Å². The molecule has 11 heteroatoms. The van der Waals surface area contributed by atoms with Crippen LogP contribution in [0.25, 0.3) is 22.6 Å². The van der Waals surface area contributed by atoms with E-state index in [9.17, 15) is 17.9 Å². The molecule has 210 valence electrons. The smallest absolute Gasteiger partial charge is 0.238 e. The van der Waals surface area contributed by atoms with Gasteiger partial charge in [0.25, 0.3) is 0 Å². The number of nitrogens with two attached hydrogens (primary N) is 1. The van der Waals surface area contributed by atoms with Crippen LogP contribution in [0.15, 0.2) is 82.1 Å². The fourth-order valence-electron chi connectivity index (χ4n) is 4.58. The maximum absolute atomic E-state index is 14.4. The van der Waals surface area contributed by atoms with Gasteiger partial charge in [-0.1, -0.05) is 30.3 Å². The quantitative estimate of drug-likeness (QED) is 0.295. The molecular formula is C29H29FN2O7S. The first-order valence-electron chi connectivity index (χ1n) is 12.7. The zero-order valence-electron chi connectivity index (χ0n) is 21.7. The van der Waals surface area contributed by atoms with E-state index in [0.29, 0.717) is 35.6 Å². The third kappa shape index (κ3) is 6.40. The highest BCUT2D eigenvalue weighted by atomic mass is 32.2. The second-order valence-electron chi connectivity index (χ2n) is 9.45. The number of ether oxygens (including phenoxy) is 3. The minimum atomic E-state index is -3.87. The summed E-state index contributed by atoms with van der Waals surface area (Å²) in [6.45, 7) is 0.253. The first-order chi connectivity index (χ1) is 19.2. The Bertz CT molecular complexity index is 1560. The van der Waals surface area contributed by atoms with Crippen molar-refractivity contribution in [2.75, 3.05) is 20.3 Å². The van der Waals surface area contributed by atoms with Crippen molar-refractivity contribution in [1.29, 1.82) is 0 Å². The number of aromatic nitrogens is 1. The van der Waals surface area contributed by atoms with Crippen LogP contribution >= 0.6 is 0 Å². The molecule has 3 unspecified atom stereocenters. The van der Waals surface area contributed by atoms with Gasteiger partial charge in [0.1, 0.15) is 23.9 Å². The van der Waals surface area contributed by atoms with E-state index in [1.165, 1.54) is 24.3 Å². The SMILES string of the molecule is COC1CCOC(c2cc(F)cc(OCC(O)c3nc(-c4ccccc4)c(-c4ccc(S(N)(=O)=O)cc4)o3)c2)C1. The predicted molar refractivity (Wildman–Crippen MR) is 144 cm³/mol. The second-order valence-corrected chi connectivity index (χ2v) is 11.0. The second kappa shape index (κ2) is 11.9. The molecule has 3 atom stereocenters. The average molecular weight is 569 g/mol. The molecule has 2 heterocycles. The summed E-state index contributed by atoms with van der Waals surface area (Å²) < 4.78 is 60.7. The van der Waals surface area contributed by atoms with Crippen LogP contribution < -0.4 is 9.88 Å². The number of benzene rings is 3. The van der Waals surface area contributed by atoms with E-state index in [1.54, 1.807) is 25.3 Å². The molecule has 40 heavy (non-hydrogen) atoms. The third-order valence-corrected chi connectivity index (χ3v) is 7.59. The maximum Gasteiger partial charge on any atom is 0.238 e. The van der Waals surface area contributed by atoms with E-state index in [2.05, 4.69) is 4.98 Å². The minimum absolute atomic E-state index is 0.0143. The highest BCUT2D eigenvalue weighted by Crippen LogP contribution is 2.36. The van der Waals surface area contributed by atoms with Crippen LogP contribution in [-0.4, -0.2) is 44.9 Å². The largest absolute Gasteiger partial charge is 0.490 e. The van der Waals surface area contributed by atoms with Crippen LogP contribution in [0.3, 0.4) is 0 Å². The summed E-state index contributed by atoms with van der Waals surface area (Å²) >= 11 is 0. The lowest BCUT2D eigenvalue weighted by Gasteiger charge is -2.29. The van der Waals surface area contributed by atoms with E-state index in [-0.39, 0.29) is 35.4 Å². The van der Waals surface area contributed by atoms with Crippen molar-refractivity contribution in [3.05, 3.63) is 90.1 Å². The molecule has 5 rings (SSSR count). The molecule has 3 N–H and O–H groups in total. The number of sulfonamides is 1. The van der Waals surface area contributed by atoms with Gasteiger partial charge in [0.2, 0.25) is 15.9 Å². The van der Waals surface area contributed by atoms with Gasteiger partial charge in [-0.05, 0) is 48.4 Å². The lowest BCUT2D eigenvalue weighted by atomic mass is 9.99. The molecule has 0 amide bonds. The van der Waals surface area contributed by atoms with Crippen LogP contribution in [0.4, 0.5) is 4.39 Å². The first kappa shape index (κ1) is 27.9. The van der Waals surface area contributed by atoms with Gasteiger partial charge in [-0.2, -0.15) is 0 Å². The Morgan fingerprint density at radius 1 is 1.10 bits per heavy atom. The molecule has 3 aromatic carbocycles. The predicted octanol–water partition coefficient (Wildman–Crippen LogP) is 4.77. The van der Waals surface area contributed by atoms with E-state index in [1.807, 2.05) is 30.3 Å². The maximum atomic E-state index is 14.4. The highest BCUT2D eigenvalue weighted by Gasteiger charge is 2.26. The Morgan fingerprint density at radius 3 is 2.55 bits per heavy atom. The highest BCUT2D eigenvalue weighted by molar-refractivity contribution is 7.89. The molecule has 4 aromatic rings. The summed E-state index contributed by atoms with van der Waals surface area (Å²) in [5, 5.41) is 16.1. The monoisotopic (exact) mass is 568 g/mol. The number of nitrogens with zero attached hydrogens (tertiary/aromatic N) is 1. The normalized spacial score (nSPS) is 18.4. The van der Waals surface area contributed by atoms with Crippen molar-refractivity contribution >= 4 is 10.0 Å². The number of methoxy groups -OCH3 is 1. The average Bonchev–Trinajstić information content (AvgIpc) is 3.41. The van der Waals surface area contributed by atoms with Gasteiger partial charge in [0, 0.05) is 37.3 Å². The summed E-state index contributed by atoms with van der Waals surface area (Å²) in [5.74, 6) is 0.0552. The fourth-order valence-corrected chi connectivity index (χ4v) is 5.09. The summed E-state index contributed by atoms with van der Waals surface area (Å²) in [5.41, 5.74) is 2.34. The number of aliphatic hydroxyl groups excluding tert-OH is 1. The minimum Gasteiger partial charge on any atom is -0.490 e. The third-order valence-electron chi connectivity index (χ3n) is 6.66. The van der Waals surface area contributed by atoms with E-state index < -0.39 is 21.9 Å². The number of hydrogen-bond acceptors (Lipinski definition) is 8. The van der Waals surface area contributed by atoms with Crippen molar-refractivity contribution in [3.63, 3.8) is 0 Å². The number of aliphatic hydroxyl groups is 1. The van der Waals surface area contributed by atoms with Crippen LogP contribution in [0.5, 0.6) is 5.75 Å². The molecule has 1 saturated heterocycles. The van der Waals surface area contributed by atoms with Crippen LogP contribution in [0, 0.1) is 5.82 Å². The Kier molecular flexibility index (Phi) is 8.29. The van der Waals surface area contributed by atoms with E-state index >= 15 is 0 Å². The molecule has 1 aromatic heterocycles. The lowest BCUT2D eigenvalue weighted by Crippen LogP contribution is -2.25. The van der Waals surface area contributed by atoms with Gasteiger partial charge in [0.05, 0.1) is 17.1 Å². The molecule has 0 spiro atoms. The lowest BCUT2D eigenvalue weighted by molar-refractivity contribution is -0.0600. The van der Waals surface area contributed by atoms with Gasteiger partial charge in [-0.15, -0.1) is 0 Å². The van der Waals surface area contributed by atoms with Gasteiger partial charge in [-0.25, -0.2) is 22.9 Å². The molecule has 1 fully saturated rings. The number of hydrogen-bond donors (Lipinski definition) is 2. The zero-order chi connectivity index (χ0) is 28.3. The van der Waals surface area contributed by atoms with Crippen LogP contribution in [0.1, 0.15) is 36.5 Å². The number of halogens is 1. The number of rotatable bonds is 9. The van der Waals surface area contributed by atoms with Crippen LogP contribution in [-0.2, 0) is 19.5 Å². The molecular weight excluding hydrogens is 539 g/mol. The van der Waals surface area contributed by atoms with Crippen molar-refractivity contribution < 1.29 is 36.5 Å². The zero-order valence-corrected chi connectivity index (χ0v) is 22.5. The number of oxazole rings is 1. The van der Waals surface area contributed by atoms with Crippen molar-refractivity contribution in [2.45, 2.75) is 36.0 Å². The Labute approximate surface area is 231 Å². The molecule has 9 nitrogen and oxygen atoms in total. The van der Waals surface area contributed by atoms with Crippen molar-refractivity contribution in [2.24, 2.45) is 5.14 Å². The first-order valence-corrected chi connectivity index (χ1v) is 14.2. The Morgan fingerprint density at radius 2 is 1.85 bits per heavy atom. The summed E-state index contributed by atoms with van der Waals surface area (Å²) in [6, 6.07) is 19.4. The molecule has 1 aliphatic heterocycles. The summed E-state index contributed by atoms with van der Waals surface area (Å²) in [7, 11) is -2.22. The summed E-state index contributed by atoms with van der Waals surface area (Å²) in [4.78, 5) is 4.47. The number of primary sulfonamides is 1. The van der Waals surface area contributed by atoms with E-state index in [0.717, 1.165) is 12.0 Å². The molecule has 0 aliphatic carbocycles. The van der Waals surface area contributed by atoms with Gasteiger partial charge in [0.15, 0.2) is 11.9 Å². The standard InChI is InChI=1S/C29H29FN2O7S/c1-36-22-11-12-37-26(16-22)20-13-21(30)15-23(14-20)38-17-25(33)29-32-27(18-5-3-2-4-6-18)28(39-29)19-7-9-24(10-8-19)40(31,34)35/h2-10,13-15,22,25-26,33H,11-12,16-17H2,1H3,(H2,31,34,35). The van der Waals surface area contributed by atoms with Crippen molar-refractivity contribution in [1.82, 2.24) is 4.98 Å². The molecule has 0 bridgehead atoms. The fraction of sp³-hybridized carbons (Fsp3) is 0.276. The molecule has 0 radical (unpaired) electrons. The summed E-state index contributed by atoms with van der Waals surface area (Å²) in [6.07, 6.45) is -0.207. The Balaban J connectivity index is 1.38. The van der Waals surface area contributed by atoms with Crippen molar-refractivity contribution in [3.8, 4) is 28.3 Å². The van der Waals surface area contributed by atoms with Gasteiger partial charge in [-0.3, -0.25) is 0 Å². The van der Waals surface area contributed by atoms with E-state index in [4.69, 9.17) is 23.8 Å².